The second-order valence-corrected chi connectivity index (χ2v) is 5.04. The molecular formula is C17H13ClN2O. The van der Waals surface area contributed by atoms with E-state index in [-0.39, 0.29) is 0 Å². The van der Waals surface area contributed by atoms with Crippen molar-refractivity contribution >= 4 is 16.8 Å². The first-order valence-corrected chi connectivity index (χ1v) is 6.93. The number of carbonyl (C=O) groups excluding carboxylic acids is 1. The van der Waals surface area contributed by atoms with E-state index in [1.54, 1.807) is 11.6 Å². The third kappa shape index (κ3) is 2.48. The molecule has 0 spiro atoms. The first-order valence-electron chi connectivity index (χ1n) is 6.56. The second-order valence-electron chi connectivity index (χ2n) is 4.70. The fourth-order valence-corrected chi connectivity index (χ4v) is 2.58. The molecule has 0 bridgehead atoms. The second kappa shape index (κ2) is 5.54. The van der Waals surface area contributed by atoms with Crippen molar-refractivity contribution in [2.75, 3.05) is 0 Å². The average Bonchev–Trinajstić information content (AvgIpc) is 2.87. The topological polar surface area (TPSA) is 34.9 Å². The summed E-state index contributed by atoms with van der Waals surface area (Å²) in [5.41, 5.74) is 2.83. The van der Waals surface area contributed by atoms with Crippen molar-refractivity contribution in [2.45, 2.75) is 0 Å². The van der Waals surface area contributed by atoms with Gasteiger partial charge in [0.1, 0.15) is 17.2 Å². The van der Waals surface area contributed by atoms with Crippen LogP contribution in [0.1, 0.15) is 10.5 Å². The maximum Gasteiger partial charge on any atom is 0.271 e. The summed E-state index contributed by atoms with van der Waals surface area (Å²) in [4.78, 5) is 16.4. The molecule has 0 unspecified atom stereocenters. The van der Waals surface area contributed by atoms with Crippen LogP contribution in [-0.2, 0) is 7.05 Å². The number of imidazole rings is 1. The lowest BCUT2D eigenvalue weighted by Crippen LogP contribution is -2.02. The van der Waals surface area contributed by atoms with Gasteiger partial charge in [0, 0.05) is 18.2 Å². The molecule has 0 aliphatic heterocycles. The van der Waals surface area contributed by atoms with Gasteiger partial charge < -0.3 is 4.57 Å². The highest BCUT2D eigenvalue weighted by Gasteiger charge is 2.21. The predicted molar refractivity (Wildman–Crippen MR) is 84.3 cm³/mol. The number of carbonyl (C=O) groups is 1. The van der Waals surface area contributed by atoms with Crippen molar-refractivity contribution in [2.24, 2.45) is 7.05 Å². The summed E-state index contributed by atoms with van der Waals surface area (Å²) in [6, 6.07) is 19.3. The van der Waals surface area contributed by atoms with Crippen molar-refractivity contribution in [3.63, 3.8) is 0 Å². The lowest BCUT2D eigenvalue weighted by Gasteiger charge is -2.03. The zero-order valence-corrected chi connectivity index (χ0v) is 12.2. The van der Waals surface area contributed by atoms with Gasteiger partial charge in [-0.15, -0.1) is 0 Å². The highest BCUT2D eigenvalue weighted by molar-refractivity contribution is 6.68. The predicted octanol–water partition coefficient (Wildman–Crippen LogP) is 4.13. The van der Waals surface area contributed by atoms with Gasteiger partial charge in [-0.2, -0.15) is 0 Å². The van der Waals surface area contributed by atoms with Crippen LogP contribution in [0.15, 0.2) is 60.7 Å². The Labute approximate surface area is 127 Å². The molecule has 3 nitrogen and oxygen atoms in total. The lowest BCUT2D eigenvalue weighted by atomic mass is 10.1. The number of hydrogen-bond donors (Lipinski definition) is 0. The summed E-state index contributed by atoms with van der Waals surface area (Å²) in [6.45, 7) is 0. The molecule has 104 valence electrons. The highest BCUT2D eigenvalue weighted by Crippen LogP contribution is 2.29. The van der Waals surface area contributed by atoms with Crippen LogP contribution in [0.25, 0.3) is 22.6 Å². The summed E-state index contributed by atoms with van der Waals surface area (Å²) in [5, 5.41) is -0.508. The van der Waals surface area contributed by atoms with Crippen molar-refractivity contribution in [1.29, 1.82) is 0 Å². The van der Waals surface area contributed by atoms with Crippen LogP contribution in [0.3, 0.4) is 0 Å². The fraction of sp³-hybridized carbons (Fsp3) is 0.0588. The smallest absolute Gasteiger partial charge is 0.271 e. The molecule has 0 atom stereocenters. The number of aromatic nitrogens is 2. The number of hydrogen-bond acceptors (Lipinski definition) is 2. The van der Waals surface area contributed by atoms with Crippen LogP contribution in [0.4, 0.5) is 0 Å². The molecule has 1 aromatic heterocycles. The van der Waals surface area contributed by atoms with E-state index >= 15 is 0 Å². The summed E-state index contributed by atoms with van der Waals surface area (Å²) >= 11 is 5.76. The minimum absolute atomic E-state index is 0.404. The van der Waals surface area contributed by atoms with Crippen molar-refractivity contribution in [1.82, 2.24) is 9.55 Å². The summed E-state index contributed by atoms with van der Waals surface area (Å²) in [5.74, 6) is 0.721. The van der Waals surface area contributed by atoms with Gasteiger partial charge in [0.05, 0.1) is 0 Å². The molecule has 21 heavy (non-hydrogen) atoms. The molecule has 0 aliphatic rings. The maximum absolute atomic E-state index is 11.8. The number of benzene rings is 2. The van der Waals surface area contributed by atoms with E-state index < -0.39 is 5.24 Å². The average molecular weight is 297 g/mol. The van der Waals surface area contributed by atoms with Crippen LogP contribution < -0.4 is 0 Å². The molecule has 3 rings (SSSR count). The largest absolute Gasteiger partial charge is 0.323 e. The zero-order valence-electron chi connectivity index (χ0n) is 11.5. The van der Waals surface area contributed by atoms with Gasteiger partial charge in [0.25, 0.3) is 5.24 Å². The monoisotopic (exact) mass is 296 g/mol. The highest BCUT2D eigenvalue weighted by atomic mass is 35.5. The van der Waals surface area contributed by atoms with Gasteiger partial charge >= 0.3 is 0 Å². The minimum Gasteiger partial charge on any atom is -0.323 e. The van der Waals surface area contributed by atoms with Crippen LogP contribution in [-0.4, -0.2) is 14.8 Å². The van der Waals surface area contributed by atoms with Gasteiger partial charge in [-0.3, -0.25) is 4.79 Å². The van der Waals surface area contributed by atoms with Gasteiger partial charge in [-0.25, -0.2) is 4.98 Å². The van der Waals surface area contributed by atoms with Gasteiger partial charge in [0.2, 0.25) is 0 Å². The minimum atomic E-state index is -0.508. The number of rotatable bonds is 3. The molecule has 3 aromatic rings. The van der Waals surface area contributed by atoms with E-state index in [0.717, 1.165) is 17.0 Å². The van der Waals surface area contributed by atoms with Crippen molar-refractivity contribution < 1.29 is 4.79 Å². The van der Waals surface area contributed by atoms with Gasteiger partial charge in [0.15, 0.2) is 0 Å². The molecule has 4 heteroatoms. The standard InChI is InChI=1S/C17H13ClN2O/c1-20-15(16(18)21)14(12-8-4-2-5-9-12)19-17(20)13-10-6-3-7-11-13/h2-11H,1H3. The quantitative estimate of drug-likeness (QED) is 0.681. The van der Waals surface area contributed by atoms with Crippen LogP contribution >= 0.6 is 11.6 Å². The fourth-order valence-electron chi connectivity index (χ4n) is 2.37. The molecule has 2 aromatic carbocycles. The molecule has 0 radical (unpaired) electrons. The normalized spacial score (nSPS) is 10.6. The first kappa shape index (κ1) is 13.6. The first-order chi connectivity index (χ1) is 10.2. The van der Waals surface area contributed by atoms with Gasteiger partial charge in [-0.1, -0.05) is 60.7 Å². The Kier molecular flexibility index (Phi) is 3.59. The number of halogens is 1. The SMILES string of the molecule is Cn1c(-c2ccccc2)nc(-c2ccccc2)c1C(=O)Cl. The Morgan fingerprint density at radius 3 is 2.00 bits per heavy atom. The molecule has 0 N–H and O–H groups in total. The molecule has 0 saturated carbocycles. The Hall–Kier alpha value is -2.39. The summed E-state index contributed by atoms with van der Waals surface area (Å²) < 4.78 is 1.74. The molecule has 0 aliphatic carbocycles. The van der Waals surface area contributed by atoms with E-state index in [1.165, 1.54) is 0 Å². The third-order valence-electron chi connectivity index (χ3n) is 3.36. The lowest BCUT2D eigenvalue weighted by molar-refractivity contribution is 0.107. The Morgan fingerprint density at radius 1 is 0.952 bits per heavy atom. The molecular weight excluding hydrogens is 284 g/mol. The summed E-state index contributed by atoms with van der Waals surface area (Å²) in [6.07, 6.45) is 0. The Morgan fingerprint density at radius 2 is 1.48 bits per heavy atom. The molecule has 0 saturated heterocycles. The zero-order chi connectivity index (χ0) is 14.8. The van der Waals surface area contributed by atoms with Gasteiger partial charge in [-0.05, 0) is 11.6 Å². The Balaban J connectivity index is 2.24. The number of nitrogens with zero attached hydrogens (tertiary/aromatic N) is 2. The van der Waals surface area contributed by atoms with Crippen LogP contribution in [0.2, 0.25) is 0 Å². The van der Waals surface area contributed by atoms with Crippen LogP contribution in [0, 0.1) is 0 Å². The van der Waals surface area contributed by atoms with E-state index in [1.807, 2.05) is 60.7 Å². The molecule has 1 heterocycles. The third-order valence-corrected chi connectivity index (χ3v) is 3.54. The molecule has 0 amide bonds. The van der Waals surface area contributed by atoms with E-state index in [9.17, 15) is 4.79 Å². The Bertz CT molecular complexity index is 779. The van der Waals surface area contributed by atoms with Crippen molar-refractivity contribution in [3.05, 3.63) is 66.4 Å². The van der Waals surface area contributed by atoms with E-state index in [0.29, 0.717) is 11.4 Å². The van der Waals surface area contributed by atoms with Crippen molar-refractivity contribution in [3.8, 4) is 22.6 Å². The molecule has 0 fully saturated rings. The summed E-state index contributed by atoms with van der Waals surface area (Å²) in [7, 11) is 1.80. The van der Waals surface area contributed by atoms with E-state index in [4.69, 9.17) is 11.6 Å². The van der Waals surface area contributed by atoms with Crippen LogP contribution in [0.5, 0.6) is 0 Å². The van der Waals surface area contributed by atoms with E-state index in [2.05, 4.69) is 4.98 Å². The maximum atomic E-state index is 11.8.